The molecule has 5 heteroatoms. The fourth-order valence-electron chi connectivity index (χ4n) is 3.25. The predicted molar refractivity (Wildman–Crippen MR) is 81.6 cm³/mol. The number of rotatable bonds is 5. The molecule has 1 heterocycles. The molecule has 0 spiro atoms. The van der Waals surface area contributed by atoms with Gasteiger partial charge in [-0.15, -0.1) is 11.3 Å². The average Bonchev–Trinajstić information content (AvgIpc) is 2.85. The van der Waals surface area contributed by atoms with E-state index in [2.05, 4.69) is 24.4 Å². The van der Waals surface area contributed by atoms with Crippen LogP contribution in [-0.2, 0) is 0 Å². The number of aryl methyl sites for hydroxylation is 1. The van der Waals surface area contributed by atoms with Crippen LogP contribution in [0, 0.1) is 18.8 Å². The van der Waals surface area contributed by atoms with Crippen LogP contribution in [0.4, 0.5) is 13.2 Å². The minimum atomic E-state index is -4.04. The zero-order valence-corrected chi connectivity index (χ0v) is 13.5. The van der Waals surface area contributed by atoms with E-state index in [9.17, 15) is 13.2 Å². The molecular formula is C16H24F3NS. The molecule has 2 rings (SSSR count). The standard InChI is InChI=1S/C16H24F3NS/c1-3-9-20-15(14-8-7-11(2)21-14)12-5-4-6-13(10-12)16(17,18)19/h7-8,12-13,15,20H,3-6,9-10H2,1-2H3. The van der Waals surface area contributed by atoms with Gasteiger partial charge in [0.25, 0.3) is 0 Å². The van der Waals surface area contributed by atoms with Gasteiger partial charge in [0.1, 0.15) is 0 Å². The van der Waals surface area contributed by atoms with Crippen molar-refractivity contribution in [3.05, 3.63) is 21.9 Å². The molecule has 1 saturated carbocycles. The summed E-state index contributed by atoms with van der Waals surface area (Å²) < 4.78 is 39.1. The molecule has 1 fully saturated rings. The van der Waals surface area contributed by atoms with Crippen LogP contribution in [0.5, 0.6) is 0 Å². The lowest BCUT2D eigenvalue weighted by Crippen LogP contribution is -2.35. The minimum Gasteiger partial charge on any atom is -0.309 e. The quantitative estimate of drug-likeness (QED) is 0.759. The fourth-order valence-corrected chi connectivity index (χ4v) is 4.29. The summed E-state index contributed by atoms with van der Waals surface area (Å²) in [5.41, 5.74) is 0. The zero-order valence-electron chi connectivity index (χ0n) is 12.7. The van der Waals surface area contributed by atoms with Gasteiger partial charge in [0.15, 0.2) is 0 Å². The summed E-state index contributed by atoms with van der Waals surface area (Å²) in [4.78, 5) is 2.41. The molecular weight excluding hydrogens is 295 g/mol. The normalized spacial score (nSPS) is 25.0. The Balaban J connectivity index is 2.12. The first-order valence-electron chi connectivity index (χ1n) is 7.78. The highest BCUT2D eigenvalue weighted by atomic mass is 32.1. The lowest BCUT2D eigenvalue weighted by molar-refractivity contribution is -0.186. The van der Waals surface area contributed by atoms with E-state index in [0.29, 0.717) is 12.8 Å². The zero-order chi connectivity index (χ0) is 15.5. The van der Waals surface area contributed by atoms with Gasteiger partial charge in [-0.1, -0.05) is 13.3 Å². The van der Waals surface area contributed by atoms with Crippen molar-refractivity contribution in [2.24, 2.45) is 11.8 Å². The SMILES string of the molecule is CCCNC(c1ccc(C)s1)C1CCCC(C(F)(F)F)C1. The maximum absolute atomic E-state index is 13.0. The number of halogens is 3. The number of thiophene rings is 1. The van der Waals surface area contributed by atoms with Gasteiger partial charge < -0.3 is 5.32 Å². The van der Waals surface area contributed by atoms with Crippen LogP contribution in [0.15, 0.2) is 12.1 Å². The van der Waals surface area contributed by atoms with Crippen molar-refractivity contribution in [3.8, 4) is 0 Å². The molecule has 0 saturated heterocycles. The highest BCUT2D eigenvalue weighted by Crippen LogP contribution is 2.44. The third-order valence-electron chi connectivity index (χ3n) is 4.33. The van der Waals surface area contributed by atoms with Crippen molar-refractivity contribution in [2.45, 2.75) is 58.2 Å². The van der Waals surface area contributed by atoms with E-state index in [-0.39, 0.29) is 18.4 Å². The van der Waals surface area contributed by atoms with Crippen LogP contribution in [0.25, 0.3) is 0 Å². The number of nitrogens with one attached hydrogen (secondary N) is 1. The van der Waals surface area contributed by atoms with E-state index in [0.717, 1.165) is 19.4 Å². The van der Waals surface area contributed by atoms with Crippen molar-refractivity contribution in [1.82, 2.24) is 5.32 Å². The van der Waals surface area contributed by atoms with E-state index in [1.165, 1.54) is 9.75 Å². The first-order valence-corrected chi connectivity index (χ1v) is 8.60. The molecule has 0 aliphatic heterocycles. The van der Waals surface area contributed by atoms with E-state index in [1.54, 1.807) is 11.3 Å². The molecule has 1 N–H and O–H groups in total. The van der Waals surface area contributed by atoms with Crippen molar-refractivity contribution < 1.29 is 13.2 Å². The molecule has 1 aliphatic rings. The molecule has 3 atom stereocenters. The monoisotopic (exact) mass is 319 g/mol. The van der Waals surface area contributed by atoms with Gasteiger partial charge in [0, 0.05) is 15.8 Å². The molecule has 21 heavy (non-hydrogen) atoms. The third-order valence-corrected chi connectivity index (χ3v) is 5.41. The molecule has 0 amide bonds. The van der Waals surface area contributed by atoms with Crippen molar-refractivity contribution in [3.63, 3.8) is 0 Å². The largest absolute Gasteiger partial charge is 0.391 e. The topological polar surface area (TPSA) is 12.0 Å². The lowest BCUT2D eigenvalue weighted by atomic mass is 9.77. The lowest BCUT2D eigenvalue weighted by Gasteiger charge is -2.35. The molecule has 3 unspecified atom stereocenters. The molecule has 1 aromatic rings. The van der Waals surface area contributed by atoms with Crippen LogP contribution in [-0.4, -0.2) is 12.7 Å². The maximum Gasteiger partial charge on any atom is 0.391 e. The third kappa shape index (κ3) is 4.46. The molecule has 0 aromatic carbocycles. The highest BCUT2D eigenvalue weighted by molar-refractivity contribution is 7.12. The molecule has 120 valence electrons. The summed E-state index contributed by atoms with van der Waals surface area (Å²) in [5.74, 6) is -1.03. The Morgan fingerprint density at radius 3 is 2.67 bits per heavy atom. The van der Waals surface area contributed by atoms with Crippen molar-refractivity contribution in [1.29, 1.82) is 0 Å². The minimum absolute atomic E-state index is 0.0776. The smallest absolute Gasteiger partial charge is 0.309 e. The Morgan fingerprint density at radius 2 is 2.10 bits per heavy atom. The van der Waals surface area contributed by atoms with Crippen LogP contribution < -0.4 is 5.32 Å². The van der Waals surface area contributed by atoms with Crippen LogP contribution in [0.3, 0.4) is 0 Å². The summed E-state index contributed by atoms with van der Waals surface area (Å²) in [5, 5.41) is 3.48. The van der Waals surface area contributed by atoms with Crippen LogP contribution in [0.2, 0.25) is 0 Å². The van der Waals surface area contributed by atoms with E-state index >= 15 is 0 Å². The second-order valence-electron chi connectivity index (χ2n) is 6.05. The Kier molecular flexibility index (Phi) is 5.72. The number of hydrogen-bond acceptors (Lipinski definition) is 2. The number of hydrogen-bond donors (Lipinski definition) is 1. The van der Waals surface area contributed by atoms with Gasteiger partial charge in [-0.25, -0.2) is 0 Å². The van der Waals surface area contributed by atoms with E-state index in [1.807, 2.05) is 6.92 Å². The van der Waals surface area contributed by atoms with Crippen LogP contribution >= 0.6 is 11.3 Å². The van der Waals surface area contributed by atoms with Gasteiger partial charge >= 0.3 is 6.18 Å². The van der Waals surface area contributed by atoms with Crippen LogP contribution in [0.1, 0.15) is 54.8 Å². The van der Waals surface area contributed by atoms with Gasteiger partial charge in [-0.3, -0.25) is 0 Å². The number of alkyl halides is 3. The fraction of sp³-hybridized carbons (Fsp3) is 0.750. The van der Waals surface area contributed by atoms with Crippen molar-refractivity contribution >= 4 is 11.3 Å². The Hall–Kier alpha value is -0.550. The van der Waals surface area contributed by atoms with Gasteiger partial charge in [0.2, 0.25) is 0 Å². The van der Waals surface area contributed by atoms with E-state index < -0.39 is 12.1 Å². The first kappa shape index (κ1) is 16.8. The van der Waals surface area contributed by atoms with Crippen molar-refractivity contribution in [2.75, 3.05) is 6.54 Å². The average molecular weight is 319 g/mol. The Morgan fingerprint density at radius 1 is 1.33 bits per heavy atom. The predicted octanol–water partition coefficient (Wildman–Crippen LogP) is 5.47. The molecule has 0 radical (unpaired) electrons. The molecule has 1 aliphatic carbocycles. The first-order chi connectivity index (χ1) is 9.91. The second-order valence-corrected chi connectivity index (χ2v) is 7.36. The highest BCUT2D eigenvalue weighted by Gasteiger charge is 2.43. The van der Waals surface area contributed by atoms with Gasteiger partial charge in [0.05, 0.1) is 5.92 Å². The summed E-state index contributed by atoms with van der Waals surface area (Å²) in [7, 11) is 0. The Labute approximate surface area is 128 Å². The second kappa shape index (κ2) is 7.14. The molecule has 1 nitrogen and oxygen atoms in total. The summed E-state index contributed by atoms with van der Waals surface area (Å²) >= 11 is 1.70. The summed E-state index contributed by atoms with van der Waals surface area (Å²) in [6.07, 6.45) is -0.907. The van der Waals surface area contributed by atoms with E-state index in [4.69, 9.17) is 0 Å². The summed E-state index contributed by atoms with van der Waals surface area (Å²) in [6, 6.07) is 4.21. The molecule has 1 aromatic heterocycles. The van der Waals surface area contributed by atoms with Gasteiger partial charge in [-0.2, -0.15) is 13.2 Å². The summed E-state index contributed by atoms with van der Waals surface area (Å²) in [6.45, 7) is 4.99. The Bertz CT molecular complexity index is 441. The molecule has 0 bridgehead atoms. The maximum atomic E-state index is 13.0. The van der Waals surface area contributed by atoms with Gasteiger partial charge in [-0.05, 0) is 57.2 Å².